The van der Waals surface area contributed by atoms with Crippen molar-refractivity contribution in [1.82, 2.24) is 51.0 Å². The maximum Gasteiger partial charge on any atom is 0.315 e. The molecule has 77 heavy (non-hydrogen) atoms. The van der Waals surface area contributed by atoms with Gasteiger partial charge in [-0.1, -0.05) is 69.7 Å². The fourth-order valence-electron chi connectivity index (χ4n) is 12.3. The monoisotopic (exact) mass is 1060 g/mol. The van der Waals surface area contributed by atoms with Crippen molar-refractivity contribution in [3.05, 3.63) is 96.1 Å². The van der Waals surface area contributed by atoms with Gasteiger partial charge in [0.15, 0.2) is 0 Å². The van der Waals surface area contributed by atoms with E-state index in [2.05, 4.69) is 48.1 Å². The highest BCUT2D eigenvalue weighted by atomic mass is 16.5. The predicted octanol–water partition coefficient (Wildman–Crippen LogP) is 7.89. The minimum Gasteiger partial charge on any atom is -0.497 e. The number of methoxy groups -OCH3 is 2. The lowest BCUT2D eigenvalue weighted by atomic mass is 9.62. The van der Waals surface area contributed by atoms with E-state index >= 15 is 0 Å². The third-order valence-corrected chi connectivity index (χ3v) is 16.8. The molecule has 0 bridgehead atoms. The zero-order valence-corrected chi connectivity index (χ0v) is 46.2. The number of ether oxygens (including phenoxy) is 3. The van der Waals surface area contributed by atoms with E-state index < -0.39 is 12.1 Å². The first kappa shape index (κ1) is 58.3. The summed E-state index contributed by atoms with van der Waals surface area (Å²) >= 11 is 0. The summed E-state index contributed by atoms with van der Waals surface area (Å²) in [5, 5.41) is 11.6. The highest BCUT2D eigenvalue weighted by Crippen LogP contribution is 2.47. The summed E-state index contributed by atoms with van der Waals surface area (Å²) in [7, 11) is 3.24. The first-order valence-corrected chi connectivity index (χ1v) is 28.5. The normalized spacial score (nSPS) is 18.4. The quantitative estimate of drug-likeness (QED) is 0.0446. The maximum absolute atomic E-state index is 13.8. The number of nitrogens with zero attached hydrogens (tertiary/aromatic N) is 4. The first-order valence-electron chi connectivity index (χ1n) is 28.5. The van der Waals surface area contributed by atoms with Gasteiger partial charge in [0.05, 0.1) is 32.5 Å². The number of hydrogen-bond acceptors (Lipinski definition) is 10. The smallest absolute Gasteiger partial charge is 0.315 e. The van der Waals surface area contributed by atoms with Crippen LogP contribution in [0.15, 0.2) is 73.6 Å². The van der Waals surface area contributed by atoms with Crippen LogP contribution in [0.2, 0.25) is 0 Å². The molecule has 420 valence electrons. The summed E-state index contributed by atoms with van der Waals surface area (Å²) in [5.74, 6) is 2.60. The highest BCUT2D eigenvalue weighted by molar-refractivity contribution is 5.89. The van der Waals surface area contributed by atoms with Crippen molar-refractivity contribution in [2.75, 3.05) is 60.1 Å². The van der Waals surface area contributed by atoms with Crippen LogP contribution in [0.1, 0.15) is 133 Å². The van der Waals surface area contributed by atoms with Crippen LogP contribution >= 0.6 is 0 Å². The SMILES string of the molecule is CCCOC1(C2CCCCC2)CCN(C(=O)C(Cc2ccc(OC)cc2)NC(=O)NCCc2cnc[nH]2)CC1.COc1ccc(CC(NC(=O)NCCc2cnc[nH]2)C(=O)N2CCC(C(C)=O)(C3CCCCC3)CC2)cc1. The fourth-order valence-corrected chi connectivity index (χ4v) is 12.3. The van der Waals surface area contributed by atoms with E-state index in [0.29, 0.717) is 89.6 Å². The van der Waals surface area contributed by atoms with E-state index in [0.717, 1.165) is 72.7 Å². The van der Waals surface area contributed by atoms with Crippen LogP contribution in [0.3, 0.4) is 0 Å². The highest BCUT2D eigenvalue weighted by Gasteiger charge is 2.47. The maximum atomic E-state index is 13.8. The number of carbonyl (C=O) groups is 5. The Morgan fingerprint density at radius 2 is 1.05 bits per heavy atom. The lowest BCUT2D eigenvalue weighted by molar-refractivity contribution is -0.149. The van der Waals surface area contributed by atoms with Gasteiger partial charge < -0.3 is 55.2 Å². The predicted molar refractivity (Wildman–Crippen MR) is 295 cm³/mol. The van der Waals surface area contributed by atoms with Crippen LogP contribution in [-0.2, 0) is 44.8 Å². The van der Waals surface area contributed by atoms with Crippen molar-refractivity contribution in [3.8, 4) is 11.5 Å². The van der Waals surface area contributed by atoms with Crippen LogP contribution < -0.4 is 30.7 Å². The number of H-pyrrole nitrogens is 2. The lowest BCUT2D eigenvalue weighted by Crippen LogP contribution is -2.57. The molecular weight excluding hydrogens is 977 g/mol. The van der Waals surface area contributed by atoms with Gasteiger partial charge in [0.25, 0.3) is 0 Å². The Kier molecular flexibility index (Phi) is 22.2. The average Bonchev–Trinajstić information content (AvgIpc) is 4.21. The molecule has 2 aromatic heterocycles. The number of nitrogens with one attached hydrogen (secondary N) is 6. The largest absolute Gasteiger partial charge is 0.497 e. The van der Waals surface area contributed by atoms with Crippen LogP contribution in [-0.4, -0.2) is 137 Å². The fraction of sp³-hybridized carbons (Fsp3) is 0.610. The Morgan fingerprint density at radius 1 is 0.623 bits per heavy atom. The molecule has 4 aliphatic rings. The van der Waals surface area contributed by atoms with E-state index in [1.807, 2.05) is 58.3 Å². The molecule has 2 aliphatic carbocycles. The van der Waals surface area contributed by atoms with Gasteiger partial charge in [-0.3, -0.25) is 14.4 Å². The number of hydrogen-bond donors (Lipinski definition) is 6. The molecule has 2 unspecified atom stereocenters. The number of amides is 6. The molecule has 18 heteroatoms. The second-order valence-electron chi connectivity index (χ2n) is 21.6. The van der Waals surface area contributed by atoms with Gasteiger partial charge in [-0.15, -0.1) is 0 Å². The number of imidazole rings is 2. The molecule has 4 fully saturated rings. The van der Waals surface area contributed by atoms with Gasteiger partial charge in [0, 0.05) is 101 Å². The zero-order chi connectivity index (χ0) is 54.5. The summed E-state index contributed by atoms with van der Waals surface area (Å²) in [4.78, 5) is 83.8. The minimum atomic E-state index is -0.713. The van der Waals surface area contributed by atoms with Gasteiger partial charge in [-0.2, -0.15) is 0 Å². The van der Waals surface area contributed by atoms with E-state index in [-0.39, 0.29) is 40.7 Å². The molecule has 2 saturated carbocycles. The van der Waals surface area contributed by atoms with Crippen LogP contribution in [0.4, 0.5) is 9.59 Å². The number of carbonyl (C=O) groups excluding carboxylic acids is 5. The first-order chi connectivity index (χ1) is 37.4. The number of piperidine rings is 2. The Hall–Kier alpha value is -6.43. The molecule has 4 heterocycles. The van der Waals surface area contributed by atoms with Gasteiger partial charge in [0.2, 0.25) is 11.8 Å². The van der Waals surface area contributed by atoms with Crippen molar-refractivity contribution in [2.45, 2.75) is 154 Å². The summed E-state index contributed by atoms with van der Waals surface area (Å²) < 4.78 is 17.1. The van der Waals surface area contributed by atoms with Crippen LogP contribution in [0.5, 0.6) is 11.5 Å². The number of rotatable bonds is 22. The second kappa shape index (κ2) is 29.4. The molecule has 18 nitrogen and oxygen atoms in total. The van der Waals surface area contributed by atoms with E-state index in [1.54, 1.807) is 46.2 Å². The molecule has 2 aromatic carbocycles. The molecule has 2 saturated heterocycles. The van der Waals surface area contributed by atoms with Gasteiger partial charge in [-0.05, 0) is 112 Å². The molecule has 0 radical (unpaired) electrons. The number of ketones is 1. The summed E-state index contributed by atoms with van der Waals surface area (Å²) in [6.45, 7) is 7.90. The molecule has 8 rings (SSSR count). The Morgan fingerprint density at radius 3 is 1.44 bits per heavy atom. The summed E-state index contributed by atoms with van der Waals surface area (Å²) in [5.41, 5.74) is 3.32. The van der Waals surface area contributed by atoms with E-state index in [4.69, 9.17) is 14.2 Å². The number of Topliss-reactive ketones (excluding diaryl/α,β-unsaturated/α-hetero) is 1. The van der Waals surface area contributed by atoms with Crippen molar-refractivity contribution in [3.63, 3.8) is 0 Å². The van der Waals surface area contributed by atoms with Crippen LogP contribution in [0, 0.1) is 17.3 Å². The molecule has 6 amide bonds. The van der Waals surface area contributed by atoms with Gasteiger partial charge in [0.1, 0.15) is 29.4 Å². The third kappa shape index (κ3) is 16.5. The topological polar surface area (TPSA) is 225 Å². The molecule has 6 N–H and O–H groups in total. The summed E-state index contributed by atoms with van der Waals surface area (Å²) in [6, 6.07) is 13.1. The number of likely N-dealkylation sites (tertiary alicyclic amines) is 2. The third-order valence-electron chi connectivity index (χ3n) is 16.8. The number of benzene rings is 2. The number of aromatic nitrogens is 4. The Bertz CT molecular complexity index is 2410. The number of aromatic amines is 2. The van der Waals surface area contributed by atoms with Crippen molar-refractivity contribution in [1.29, 1.82) is 0 Å². The molecule has 2 aliphatic heterocycles. The van der Waals surface area contributed by atoms with Gasteiger partial charge >= 0.3 is 12.1 Å². The molecular formula is C59H86N10O8. The molecule has 4 aromatic rings. The molecule has 2 atom stereocenters. The lowest BCUT2D eigenvalue weighted by Gasteiger charge is -2.48. The van der Waals surface area contributed by atoms with Crippen molar-refractivity contribution >= 4 is 29.7 Å². The van der Waals surface area contributed by atoms with Crippen LogP contribution in [0.25, 0.3) is 0 Å². The average molecular weight is 1060 g/mol. The summed E-state index contributed by atoms with van der Waals surface area (Å²) in [6.07, 6.45) is 25.0. The number of urea groups is 2. The standard InChI is InChI=1S/C30H45N5O4.C29H41N5O4/c1-3-19-39-30(24-7-5-4-6-8-24)14-17-35(18-15-30)28(36)27(20-23-9-11-26(38-2)12-10-23)34-29(37)32-16-13-25-21-31-22-33-25;1-21(35)29(23-6-4-3-5-7-23)13-16-34(17-14-29)27(36)26(18-22-8-10-25(38-2)11-9-22)33-28(37)31-15-12-24-19-30-20-32-24/h9-12,21-22,24,27H,3-8,13-20H2,1-2H3,(H,31,33)(H2,32,34,37);8-11,19-20,23,26H,3-7,12-18H2,1-2H3,(H,30,32)(H2,31,33,37). The Labute approximate surface area is 455 Å². The minimum absolute atomic E-state index is 0.0396. The van der Waals surface area contributed by atoms with Crippen molar-refractivity contribution < 1.29 is 38.2 Å². The zero-order valence-electron chi connectivity index (χ0n) is 46.2. The van der Waals surface area contributed by atoms with Crippen molar-refractivity contribution in [2.24, 2.45) is 17.3 Å². The second-order valence-corrected chi connectivity index (χ2v) is 21.6. The van der Waals surface area contributed by atoms with E-state index in [9.17, 15) is 24.0 Å². The Balaban J connectivity index is 0.000000224. The van der Waals surface area contributed by atoms with Gasteiger partial charge in [-0.25, -0.2) is 19.6 Å². The van der Waals surface area contributed by atoms with E-state index in [1.165, 1.54) is 51.4 Å². The molecule has 0 spiro atoms.